The molecule has 0 aliphatic carbocycles. The van der Waals surface area contributed by atoms with Crippen LogP contribution >= 0.6 is 24.0 Å². The molecule has 0 unspecified atom stereocenters. The van der Waals surface area contributed by atoms with Crippen LogP contribution in [0.1, 0.15) is 12.5 Å². The largest absolute Gasteiger partial charge is 0.462 e. The second kappa shape index (κ2) is 8.88. The second-order valence-electron chi connectivity index (χ2n) is 5.24. The summed E-state index contributed by atoms with van der Waals surface area (Å²) < 4.78 is 10.1. The number of thiocarbonyl (C=S) groups is 1. The molecule has 0 spiro atoms. The number of carbonyl (C=O) groups is 2. The van der Waals surface area contributed by atoms with Gasteiger partial charge in [0.15, 0.2) is 0 Å². The fraction of sp³-hybridized carbons (Fsp3) is 0.312. The summed E-state index contributed by atoms with van der Waals surface area (Å²) in [6, 6.07) is 4.91. The number of nitro benzene ring substituents is 1. The average molecular weight is 396 g/mol. The average Bonchev–Trinajstić information content (AvgIpc) is 2.88. The molecule has 1 heterocycles. The fourth-order valence-corrected chi connectivity index (χ4v) is 3.53. The monoisotopic (exact) mass is 396 g/mol. The maximum atomic E-state index is 12.6. The zero-order valence-corrected chi connectivity index (χ0v) is 15.7. The molecule has 2 rings (SSSR count). The quantitative estimate of drug-likeness (QED) is 0.173. The molecule has 0 aromatic heterocycles. The number of carbonyl (C=O) groups excluding carboxylic acids is 2. The van der Waals surface area contributed by atoms with Crippen molar-refractivity contribution < 1.29 is 24.0 Å². The van der Waals surface area contributed by atoms with Crippen LogP contribution in [0.15, 0.2) is 29.2 Å². The van der Waals surface area contributed by atoms with Crippen molar-refractivity contribution in [3.63, 3.8) is 0 Å². The Kier molecular flexibility index (Phi) is 6.83. The summed E-state index contributed by atoms with van der Waals surface area (Å²) in [6.45, 7) is 1.89. The number of hydrogen-bond donors (Lipinski definition) is 0. The van der Waals surface area contributed by atoms with Crippen molar-refractivity contribution in [2.45, 2.75) is 13.0 Å². The van der Waals surface area contributed by atoms with Crippen LogP contribution in [0, 0.1) is 10.1 Å². The first kappa shape index (κ1) is 20.0. The van der Waals surface area contributed by atoms with Crippen molar-refractivity contribution in [3.05, 3.63) is 44.8 Å². The van der Waals surface area contributed by atoms with Gasteiger partial charge in [0, 0.05) is 19.2 Å². The van der Waals surface area contributed by atoms with Crippen LogP contribution in [0.3, 0.4) is 0 Å². The summed E-state index contributed by atoms with van der Waals surface area (Å²) in [4.78, 5) is 36.3. The molecule has 138 valence electrons. The molecule has 1 aliphatic rings. The normalized spacial score (nSPS) is 16.8. The maximum Gasteiger partial charge on any atom is 0.329 e. The Hall–Kier alpha value is -2.30. The van der Waals surface area contributed by atoms with Crippen molar-refractivity contribution >= 4 is 51.9 Å². The molecule has 10 heteroatoms. The number of hydrogen-bond acceptors (Lipinski definition) is 8. The van der Waals surface area contributed by atoms with Gasteiger partial charge in [-0.15, -0.1) is 0 Å². The van der Waals surface area contributed by atoms with Crippen LogP contribution < -0.4 is 0 Å². The lowest BCUT2D eigenvalue weighted by Gasteiger charge is -2.21. The first-order valence-electron chi connectivity index (χ1n) is 7.52. The molecule has 1 amide bonds. The molecule has 0 N–H and O–H groups in total. The van der Waals surface area contributed by atoms with Crippen molar-refractivity contribution in [1.29, 1.82) is 0 Å². The summed E-state index contributed by atoms with van der Waals surface area (Å²) in [7, 11) is 1.49. The molecule has 0 saturated carbocycles. The van der Waals surface area contributed by atoms with E-state index >= 15 is 0 Å². The lowest BCUT2D eigenvalue weighted by molar-refractivity contribution is -0.384. The van der Waals surface area contributed by atoms with E-state index < -0.39 is 22.8 Å². The van der Waals surface area contributed by atoms with Gasteiger partial charge in [0.25, 0.3) is 11.6 Å². The van der Waals surface area contributed by atoms with Gasteiger partial charge in [-0.1, -0.05) is 24.0 Å². The third-order valence-corrected chi connectivity index (χ3v) is 4.82. The van der Waals surface area contributed by atoms with E-state index in [2.05, 4.69) is 0 Å². The zero-order valence-electron chi connectivity index (χ0n) is 14.0. The number of thioether (sulfide) groups is 1. The smallest absolute Gasteiger partial charge is 0.329 e. The van der Waals surface area contributed by atoms with Gasteiger partial charge in [0.2, 0.25) is 0 Å². The van der Waals surface area contributed by atoms with Gasteiger partial charge in [-0.3, -0.25) is 19.8 Å². The van der Waals surface area contributed by atoms with E-state index in [1.54, 1.807) is 6.08 Å². The standard InChI is InChI=1S/C16H16N2O6S2/c1-10(15(20)24-8-7-23-2)17-14(19)13(26-16(17)25)9-11-3-5-12(6-4-11)18(21)22/h3-6,9-10H,7-8H2,1-2H3/b13-9+/t10-/m1/s1. The molecule has 0 bridgehead atoms. The SMILES string of the molecule is COCCOC(=O)[C@@H](C)N1C(=O)/C(=C\c2ccc([N+](=O)[O-])cc2)SC1=S. The van der Waals surface area contributed by atoms with Crippen molar-refractivity contribution in [3.8, 4) is 0 Å². The number of non-ortho nitro benzene ring substituents is 1. The molecule has 1 aromatic rings. The Morgan fingerprint density at radius 3 is 2.62 bits per heavy atom. The Bertz CT molecular complexity index is 763. The summed E-state index contributed by atoms with van der Waals surface area (Å²) in [5.41, 5.74) is 0.577. The van der Waals surface area contributed by atoms with Crippen LogP contribution in [-0.2, 0) is 19.1 Å². The Labute approximate surface area is 159 Å². The highest BCUT2D eigenvalue weighted by Crippen LogP contribution is 2.34. The van der Waals surface area contributed by atoms with Crippen LogP contribution in [0.5, 0.6) is 0 Å². The number of methoxy groups -OCH3 is 1. The summed E-state index contributed by atoms with van der Waals surface area (Å²) in [6.07, 6.45) is 1.58. The number of benzene rings is 1. The van der Waals surface area contributed by atoms with Gasteiger partial charge in [-0.05, 0) is 30.7 Å². The van der Waals surface area contributed by atoms with E-state index in [-0.39, 0.29) is 23.2 Å². The van der Waals surface area contributed by atoms with E-state index in [1.165, 1.54) is 43.2 Å². The minimum absolute atomic E-state index is 0.0397. The van der Waals surface area contributed by atoms with Crippen LogP contribution in [0.2, 0.25) is 0 Å². The zero-order chi connectivity index (χ0) is 19.3. The number of amides is 1. The molecule has 1 aromatic carbocycles. The van der Waals surface area contributed by atoms with Gasteiger partial charge < -0.3 is 9.47 Å². The Morgan fingerprint density at radius 1 is 1.38 bits per heavy atom. The van der Waals surface area contributed by atoms with Crippen molar-refractivity contribution in [1.82, 2.24) is 4.90 Å². The molecule has 0 radical (unpaired) electrons. The molecule has 1 fully saturated rings. The molecule has 1 aliphatic heterocycles. The minimum Gasteiger partial charge on any atom is -0.462 e. The van der Waals surface area contributed by atoms with E-state index in [1.807, 2.05) is 0 Å². The van der Waals surface area contributed by atoms with E-state index in [0.717, 1.165) is 11.8 Å². The predicted octanol–water partition coefficient (Wildman–Crippen LogP) is 2.37. The molecule has 8 nitrogen and oxygen atoms in total. The highest BCUT2D eigenvalue weighted by molar-refractivity contribution is 8.26. The summed E-state index contributed by atoms with van der Waals surface area (Å²) in [5.74, 6) is -0.982. The minimum atomic E-state index is -0.859. The number of rotatable bonds is 7. The number of nitrogens with zero attached hydrogens (tertiary/aromatic N) is 2. The first-order valence-corrected chi connectivity index (χ1v) is 8.74. The molecule has 1 saturated heterocycles. The van der Waals surface area contributed by atoms with Crippen molar-refractivity contribution in [2.24, 2.45) is 0 Å². The highest BCUT2D eigenvalue weighted by Gasteiger charge is 2.38. The molecule has 1 atom stereocenters. The Morgan fingerprint density at radius 2 is 2.04 bits per heavy atom. The van der Waals surface area contributed by atoms with Gasteiger partial charge in [0.1, 0.15) is 17.0 Å². The number of ether oxygens (including phenoxy) is 2. The third-order valence-electron chi connectivity index (χ3n) is 3.49. The topological polar surface area (TPSA) is 99.0 Å². The fourth-order valence-electron chi connectivity index (χ4n) is 2.11. The first-order chi connectivity index (χ1) is 12.3. The van der Waals surface area contributed by atoms with Gasteiger partial charge in [-0.2, -0.15) is 0 Å². The number of nitro groups is 1. The maximum absolute atomic E-state index is 12.6. The summed E-state index contributed by atoms with van der Waals surface area (Å²) >= 11 is 6.27. The van der Waals surface area contributed by atoms with Crippen LogP contribution in [0.4, 0.5) is 5.69 Å². The second-order valence-corrected chi connectivity index (χ2v) is 6.91. The highest BCUT2D eigenvalue weighted by atomic mass is 32.2. The lowest BCUT2D eigenvalue weighted by Crippen LogP contribution is -2.42. The van der Waals surface area contributed by atoms with Crippen LogP contribution in [-0.4, -0.2) is 52.4 Å². The van der Waals surface area contributed by atoms with E-state index in [4.69, 9.17) is 21.7 Å². The summed E-state index contributed by atoms with van der Waals surface area (Å²) in [5, 5.41) is 10.7. The van der Waals surface area contributed by atoms with Crippen LogP contribution in [0.25, 0.3) is 6.08 Å². The van der Waals surface area contributed by atoms with Gasteiger partial charge in [-0.25, -0.2) is 4.79 Å². The third kappa shape index (κ3) is 4.65. The lowest BCUT2D eigenvalue weighted by atomic mass is 10.2. The predicted molar refractivity (Wildman–Crippen MR) is 100 cm³/mol. The van der Waals surface area contributed by atoms with Crippen molar-refractivity contribution in [2.75, 3.05) is 20.3 Å². The molecular formula is C16H16N2O6S2. The van der Waals surface area contributed by atoms with E-state index in [9.17, 15) is 19.7 Å². The number of esters is 1. The van der Waals surface area contributed by atoms with E-state index in [0.29, 0.717) is 10.5 Å². The molecular weight excluding hydrogens is 380 g/mol. The van der Waals surface area contributed by atoms with Gasteiger partial charge in [0.05, 0.1) is 16.4 Å². The van der Waals surface area contributed by atoms with Gasteiger partial charge >= 0.3 is 5.97 Å². The Balaban J connectivity index is 2.12. The molecule has 26 heavy (non-hydrogen) atoms.